The van der Waals surface area contributed by atoms with Crippen LogP contribution in [-0.4, -0.2) is 55.2 Å². The number of carbonyl (C=O) groups is 2. The fourth-order valence-corrected chi connectivity index (χ4v) is 6.71. The summed E-state index contributed by atoms with van der Waals surface area (Å²) in [5.74, 6) is -0.119. The van der Waals surface area contributed by atoms with E-state index in [1.807, 2.05) is 6.92 Å². The summed E-state index contributed by atoms with van der Waals surface area (Å²) in [6.45, 7) is 15.3. The Morgan fingerprint density at radius 1 is 0.579 bits per heavy atom. The van der Waals surface area contributed by atoms with Gasteiger partial charge in [0.2, 0.25) is 0 Å². The van der Waals surface area contributed by atoms with Crippen LogP contribution in [0.15, 0.2) is 109 Å². The van der Waals surface area contributed by atoms with E-state index in [1.54, 1.807) is 13.8 Å². The van der Waals surface area contributed by atoms with Gasteiger partial charge in [0.05, 0.1) is 33.0 Å². The van der Waals surface area contributed by atoms with Crippen LogP contribution < -0.4 is 4.74 Å². The van der Waals surface area contributed by atoms with Gasteiger partial charge in [-0.3, -0.25) is 0 Å². The van der Waals surface area contributed by atoms with E-state index in [0.29, 0.717) is 56.3 Å². The van der Waals surface area contributed by atoms with Crippen molar-refractivity contribution in [3.05, 3.63) is 126 Å². The van der Waals surface area contributed by atoms with Crippen LogP contribution >= 0.6 is 0 Å². The number of esters is 2. The molecular weight excluding hydrogens is 713 g/mol. The minimum atomic E-state index is -0.644. The Labute approximate surface area is 340 Å². The molecule has 0 atom stereocenters. The topological polar surface area (TPSA) is 102 Å². The van der Waals surface area contributed by atoms with E-state index in [-0.39, 0.29) is 26.4 Å². The van der Waals surface area contributed by atoms with Crippen LogP contribution in [0.25, 0.3) is 33.4 Å². The molecule has 57 heavy (non-hydrogen) atoms. The van der Waals surface area contributed by atoms with Gasteiger partial charge in [-0.05, 0) is 127 Å². The van der Waals surface area contributed by atoms with Crippen molar-refractivity contribution in [2.75, 3.05) is 33.0 Å². The molecule has 0 aliphatic rings. The Morgan fingerprint density at radius 3 is 1.39 bits per heavy atom. The zero-order valence-electron chi connectivity index (χ0n) is 34.5. The molecule has 0 spiro atoms. The van der Waals surface area contributed by atoms with Gasteiger partial charge >= 0.3 is 11.9 Å². The zero-order chi connectivity index (χ0) is 41.2. The molecule has 0 saturated carbocycles. The maximum absolute atomic E-state index is 12.1. The van der Waals surface area contributed by atoms with E-state index < -0.39 is 17.4 Å². The lowest BCUT2D eigenvalue weighted by Gasteiger charge is -2.28. The number of aryl methyl sites for hydroxylation is 3. The monoisotopic (exact) mass is 774 g/mol. The number of benzene rings is 4. The molecule has 304 valence electrons. The fraction of sp³-hybridized carbons (Fsp3) is 0.400. The van der Waals surface area contributed by atoms with Crippen molar-refractivity contribution in [1.82, 2.24) is 0 Å². The first-order chi connectivity index (χ1) is 27.5. The van der Waals surface area contributed by atoms with Gasteiger partial charge in [-0.2, -0.15) is 0 Å². The van der Waals surface area contributed by atoms with E-state index >= 15 is 0 Å². The van der Waals surface area contributed by atoms with Gasteiger partial charge < -0.3 is 24.4 Å². The van der Waals surface area contributed by atoms with Gasteiger partial charge in [0.25, 0.3) is 0 Å². The van der Waals surface area contributed by atoms with Gasteiger partial charge in [-0.15, -0.1) is 0 Å². The zero-order valence-corrected chi connectivity index (χ0v) is 34.5. The Morgan fingerprint density at radius 2 is 1.00 bits per heavy atom. The standard InChI is InChI=1S/C50H62O7/c1-7-9-10-13-38-16-18-39(19-17-38)40-20-22-41(23-21-40)42-24-26-43(27-25-42)46-32-44(14-11-29-56-48(53)36(3)4)47(55-31-28-50(8-2,34-51)35-52)45(33-46)15-12-30-57-49(54)37(5)6/h16-27,32-33,51-52H,3,5,7-15,28-31,34-35H2,1-2,4,6H3. The smallest absolute Gasteiger partial charge is 0.333 e. The molecule has 0 aromatic heterocycles. The van der Waals surface area contributed by atoms with E-state index in [9.17, 15) is 19.8 Å². The lowest BCUT2D eigenvalue weighted by atomic mass is 9.84. The number of hydrogen-bond donors (Lipinski definition) is 2. The third kappa shape index (κ3) is 13.3. The number of aliphatic hydroxyl groups excluding tert-OH is 2. The van der Waals surface area contributed by atoms with Crippen LogP contribution in [0.1, 0.15) is 89.3 Å². The number of carbonyl (C=O) groups excluding carboxylic acids is 2. The van der Waals surface area contributed by atoms with Crippen molar-refractivity contribution in [3.63, 3.8) is 0 Å². The molecule has 4 rings (SSSR count). The van der Waals surface area contributed by atoms with Crippen molar-refractivity contribution in [1.29, 1.82) is 0 Å². The first-order valence-electron chi connectivity index (χ1n) is 20.5. The van der Waals surface area contributed by atoms with Crippen LogP contribution in [-0.2, 0) is 38.3 Å². The Balaban J connectivity index is 1.61. The molecule has 0 aliphatic carbocycles. The fourth-order valence-electron chi connectivity index (χ4n) is 6.71. The normalized spacial score (nSPS) is 11.3. The van der Waals surface area contributed by atoms with Crippen LogP contribution in [0.4, 0.5) is 0 Å². The third-order valence-corrected chi connectivity index (χ3v) is 10.7. The third-order valence-electron chi connectivity index (χ3n) is 10.7. The van der Waals surface area contributed by atoms with Crippen molar-refractivity contribution < 1.29 is 34.0 Å². The lowest BCUT2D eigenvalue weighted by molar-refractivity contribution is -0.139. The first kappa shape index (κ1) is 44.7. The second-order valence-electron chi connectivity index (χ2n) is 15.2. The minimum Gasteiger partial charge on any atom is -0.493 e. The number of rotatable bonds is 24. The highest BCUT2D eigenvalue weighted by Crippen LogP contribution is 2.36. The summed E-state index contributed by atoms with van der Waals surface area (Å²) in [4.78, 5) is 24.2. The van der Waals surface area contributed by atoms with Crippen molar-refractivity contribution in [2.45, 2.75) is 91.9 Å². The molecule has 0 bridgehead atoms. The molecule has 4 aromatic carbocycles. The second-order valence-corrected chi connectivity index (χ2v) is 15.2. The van der Waals surface area contributed by atoms with Gasteiger partial charge in [0.15, 0.2) is 0 Å². The van der Waals surface area contributed by atoms with E-state index in [1.165, 1.54) is 36.0 Å². The van der Waals surface area contributed by atoms with Gasteiger partial charge in [0, 0.05) is 16.6 Å². The molecule has 2 N–H and O–H groups in total. The van der Waals surface area contributed by atoms with Crippen LogP contribution in [0.3, 0.4) is 0 Å². The Hall–Kier alpha value is -4.98. The van der Waals surface area contributed by atoms with Crippen molar-refractivity contribution in [3.8, 4) is 39.1 Å². The maximum atomic E-state index is 12.1. The Bertz CT molecular complexity index is 1840. The highest BCUT2D eigenvalue weighted by atomic mass is 16.5. The van der Waals surface area contributed by atoms with Gasteiger partial charge in [-0.25, -0.2) is 9.59 Å². The van der Waals surface area contributed by atoms with Gasteiger partial charge in [-0.1, -0.05) is 113 Å². The predicted molar refractivity (Wildman–Crippen MR) is 231 cm³/mol. The Kier molecular flexibility index (Phi) is 17.8. The SMILES string of the molecule is C=C(C)C(=O)OCCCc1cc(-c2ccc(-c3ccc(-c4ccc(CCCCC)cc4)cc3)cc2)cc(CCCOC(=O)C(=C)C)c1OCCC(CC)(CO)CO. The largest absolute Gasteiger partial charge is 0.493 e. The first-order valence-corrected chi connectivity index (χ1v) is 20.5. The predicted octanol–water partition coefficient (Wildman–Crippen LogP) is 10.7. The number of aliphatic hydroxyl groups is 2. The van der Waals surface area contributed by atoms with Crippen molar-refractivity contribution >= 4 is 11.9 Å². The maximum Gasteiger partial charge on any atom is 0.333 e. The summed E-state index contributed by atoms with van der Waals surface area (Å²) < 4.78 is 17.4. The summed E-state index contributed by atoms with van der Waals surface area (Å²) in [6, 6.07) is 30.4. The average Bonchev–Trinajstić information content (AvgIpc) is 3.23. The highest BCUT2D eigenvalue weighted by Gasteiger charge is 2.27. The molecule has 7 nitrogen and oxygen atoms in total. The number of unbranched alkanes of at least 4 members (excludes halogenated alkanes) is 2. The lowest BCUT2D eigenvalue weighted by Crippen LogP contribution is -2.31. The highest BCUT2D eigenvalue weighted by molar-refractivity contribution is 5.87. The number of hydrogen-bond acceptors (Lipinski definition) is 7. The quantitative estimate of drug-likeness (QED) is 0.0415. The number of ether oxygens (including phenoxy) is 3. The minimum absolute atomic E-state index is 0.141. The molecular formula is C50H62O7. The molecule has 7 heteroatoms. The second kappa shape index (κ2) is 22.7. The summed E-state index contributed by atoms with van der Waals surface area (Å²) >= 11 is 0. The average molecular weight is 775 g/mol. The molecule has 0 aliphatic heterocycles. The molecule has 0 unspecified atom stereocenters. The summed E-state index contributed by atoms with van der Waals surface area (Å²) in [6.07, 6.45) is 8.22. The molecule has 0 radical (unpaired) electrons. The molecule has 0 heterocycles. The van der Waals surface area contributed by atoms with Crippen LogP contribution in [0.5, 0.6) is 5.75 Å². The molecule has 0 fully saturated rings. The summed E-state index contributed by atoms with van der Waals surface area (Å²) in [5, 5.41) is 20.2. The van der Waals surface area contributed by atoms with Crippen LogP contribution in [0, 0.1) is 5.41 Å². The molecule has 0 amide bonds. The summed E-state index contributed by atoms with van der Waals surface area (Å²) in [5.41, 5.74) is 10.1. The van der Waals surface area contributed by atoms with Gasteiger partial charge in [0.1, 0.15) is 5.75 Å². The van der Waals surface area contributed by atoms with Crippen LogP contribution in [0.2, 0.25) is 0 Å². The van der Waals surface area contributed by atoms with E-state index in [0.717, 1.165) is 45.6 Å². The summed E-state index contributed by atoms with van der Waals surface area (Å²) in [7, 11) is 0. The van der Waals surface area contributed by atoms with E-state index in [2.05, 4.69) is 105 Å². The molecule has 4 aromatic rings. The van der Waals surface area contributed by atoms with E-state index in [4.69, 9.17) is 14.2 Å². The molecule has 0 saturated heterocycles. The van der Waals surface area contributed by atoms with Crippen molar-refractivity contribution in [2.24, 2.45) is 5.41 Å².